The van der Waals surface area contributed by atoms with Crippen LogP contribution < -0.4 is 0 Å². The molecule has 0 radical (unpaired) electrons. The molecule has 0 N–H and O–H groups in total. The Balaban J connectivity index is 3.13. The van der Waals surface area contributed by atoms with Gasteiger partial charge in [-0.3, -0.25) is 0 Å². The minimum absolute atomic E-state index is 0.236. The monoisotopic (exact) mass is 258 g/mol. The molecule has 0 saturated heterocycles. The first kappa shape index (κ1) is 14.3. The lowest BCUT2D eigenvalue weighted by atomic mass is 9.88. The number of thioether (sulfide) groups is 1. The maximum atomic E-state index is 5.54. The average molecular weight is 259 g/mol. The zero-order valence-corrected chi connectivity index (χ0v) is 13.6. The molecule has 0 amide bonds. The Bertz CT molecular complexity index is 259. The lowest BCUT2D eigenvalue weighted by Gasteiger charge is -2.54. The fraction of sp³-hybridized carbons (Fsp3) is 0.846. The summed E-state index contributed by atoms with van der Waals surface area (Å²) in [6.45, 7) is 14.6. The quantitative estimate of drug-likeness (QED) is 0.539. The topological polar surface area (TPSA) is 9.23 Å². The summed E-state index contributed by atoms with van der Waals surface area (Å²) in [5.74, 6) is 0. The fourth-order valence-electron chi connectivity index (χ4n) is 2.85. The summed E-state index contributed by atoms with van der Waals surface area (Å²) in [6, 6.07) is 0. The summed E-state index contributed by atoms with van der Waals surface area (Å²) in [5.41, 5.74) is 0.559. The second-order valence-corrected chi connectivity index (χ2v) is 13.8. The summed E-state index contributed by atoms with van der Waals surface area (Å²) >= 11 is 2.05. The van der Waals surface area contributed by atoms with E-state index in [-0.39, 0.29) is 5.44 Å². The maximum Gasteiger partial charge on any atom is 0.121 e. The van der Waals surface area contributed by atoms with Gasteiger partial charge in [0.1, 0.15) is 5.44 Å². The van der Waals surface area contributed by atoms with Gasteiger partial charge in [0.15, 0.2) is 0 Å². The molecule has 0 aromatic heterocycles. The Hall–Kier alpha value is 0.267. The number of ether oxygens (including phenoxy) is 1. The van der Waals surface area contributed by atoms with Crippen LogP contribution in [0.25, 0.3) is 0 Å². The van der Waals surface area contributed by atoms with E-state index in [1.165, 1.54) is 6.42 Å². The van der Waals surface area contributed by atoms with E-state index in [0.717, 1.165) is 0 Å². The van der Waals surface area contributed by atoms with E-state index < -0.39 is 8.07 Å². The van der Waals surface area contributed by atoms with Gasteiger partial charge in [-0.05, 0) is 17.9 Å². The van der Waals surface area contributed by atoms with Crippen molar-refractivity contribution in [2.75, 3.05) is 7.11 Å². The van der Waals surface area contributed by atoms with Crippen molar-refractivity contribution in [3.63, 3.8) is 0 Å². The molecule has 0 fully saturated rings. The predicted molar refractivity (Wildman–Crippen MR) is 77.7 cm³/mol. The molecule has 2 unspecified atom stereocenters. The molecular formula is C13H26OSSi. The summed E-state index contributed by atoms with van der Waals surface area (Å²) in [6.07, 6.45) is 5.72. The zero-order chi connectivity index (χ0) is 12.6. The van der Waals surface area contributed by atoms with Gasteiger partial charge in [-0.15, -0.1) is 11.8 Å². The van der Waals surface area contributed by atoms with Crippen molar-refractivity contribution in [3.05, 3.63) is 12.2 Å². The fourth-order valence-corrected chi connectivity index (χ4v) is 8.82. The molecule has 0 aliphatic carbocycles. The molecule has 1 aliphatic heterocycles. The third-order valence-electron chi connectivity index (χ3n) is 3.67. The molecular weight excluding hydrogens is 232 g/mol. The van der Waals surface area contributed by atoms with Crippen molar-refractivity contribution in [2.24, 2.45) is 5.41 Å². The van der Waals surface area contributed by atoms with Crippen molar-refractivity contribution in [2.45, 2.75) is 56.6 Å². The molecule has 1 nitrogen and oxygen atoms in total. The molecule has 0 aromatic rings. The van der Waals surface area contributed by atoms with Gasteiger partial charge in [-0.1, -0.05) is 46.5 Å². The average Bonchev–Trinajstić information content (AvgIpc) is 2.14. The maximum absolute atomic E-state index is 5.54. The Labute approximate surface area is 106 Å². The molecule has 1 heterocycles. The summed E-state index contributed by atoms with van der Waals surface area (Å²) in [4.78, 5) is 0. The summed E-state index contributed by atoms with van der Waals surface area (Å²) < 4.78 is 5.91. The second-order valence-electron chi connectivity index (χ2n) is 6.68. The van der Waals surface area contributed by atoms with Crippen LogP contribution in [0.2, 0.25) is 19.6 Å². The van der Waals surface area contributed by atoms with Crippen LogP contribution in [0.4, 0.5) is 0 Å². The van der Waals surface area contributed by atoms with Crippen molar-refractivity contribution in [1.29, 1.82) is 0 Å². The van der Waals surface area contributed by atoms with Gasteiger partial charge in [-0.2, -0.15) is 0 Å². The van der Waals surface area contributed by atoms with Crippen molar-refractivity contribution in [1.82, 2.24) is 0 Å². The number of hydrogen-bond acceptors (Lipinski definition) is 2. The molecule has 94 valence electrons. The van der Waals surface area contributed by atoms with Gasteiger partial charge in [0, 0.05) is 11.5 Å². The highest BCUT2D eigenvalue weighted by atomic mass is 32.2. The van der Waals surface area contributed by atoms with Crippen LogP contribution in [0.15, 0.2) is 12.2 Å². The molecule has 0 spiro atoms. The molecule has 3 heteroatoms. The number of methoxy groups -OCH3 is 1. The molecule has 0 saturated carbocycles. The SMILES string of the molecule is COC1C=CCC(C(C)(C)C)([Si](C)(C)C)S1. The molecule has 1 rings (SSSR count). The van der Waals surface area contributed by atoms with Crippen LogP contribution >= 0.6 is 11.8 Å². The van der Waals surface area contributed by atoms with Crippen LogP contribution in [0.1, 0.15) is 27.2 Å². The Morgan fingerprint density at radius 2 is 1.88 bits per heavy atom. The minimum atomic E-state index is -1.27. The van der Waals surface area contributed by atoms with Crippen LogP contribution in [0.5, 0.6) is 0 Å². The van der Waals surface area contributed by atoms with Gasteiger partial charge in [0.05, 0.1) is 8.07 Å². The zero-order valence-electron chi connectivity index (χ0n) is 11.8. The van der Waals surface area contributed by atoms with E-state index in [1.54, 1.807) is 0 Å². The lowest BCUT2D eigenvalue weighted by molar-refractivity contribution is 0.201. The van der Waals surface area contributed by atoms with Crippen molar-refractivity contribution >= 4 is 19.8 Å². The number of rotatable bonds is 2. The normalized spacial score (nSPS) is 31.8. The summed E-state index contributed by atoms with van der Waals surface area (Å²) in [7, 11) is 0.542. The molecule has 0 aromatic carbocycles. The highest BCUT2D eigenvalue weighted by molar-refractivity contribution is 8.03. The molecule has 1 aliphatic rings. The predicted octanol–water partition coefficient (Wildman–Crippen LogP) is 4.31. The third kappa shape index (κ3) is 2.41. The van der Waals surface area contributed by atoms with E-state index in [2.05, 4.69) is 52.6 Å². The van der Waals surface area contributed by atoms with Gasteiger partial charge < -0.3 is 4.74 Å². The van der Waals surface area contributed by atoms with E-state index in [4.69, 9.17) is 4.74 Å². The van der Waals surface area contributed by atoms with E-state index in [0.29, 0.717) is 9.79 Å². The molecule has 0 bridgehead atoms. The third-order valence-corrected chi connectivity index (χ3v) is 11.0. The van der Waals surface area contributed by atoms with Crippen molar-refractivity contribution in [3.8, 4) is 0 Å². The second kappa shape index (κ2) is 4.50. The van der Waals surface area contributed by atoms with Crippen LogP contribution in [-0.4, -0.2) is 25.0 Å². The first-order valence-electron chi connectivity index (χ1n) is 6.01. The number of allylic oxidation sites excluding steroid dienone is 1. The first-order valence-corrected chi connectivity index (χ1v) is 10.4. The first-order chi connectivity index (χ1) is 7.14. The number of hydrogen-bond donors (Lipinski definition) is 0. The van der Waals surface area contributed by atoms with Gasteiger partial charge in [-0.25, -0.2) is 0 Å². The highest BCUT2D eigenvalue weighted by Crippen LogP contribution is 2.54. The van der Waals surface area contributed by atoms with Crippen LogP contribution in [0, 0.1) is 5.41 Å². The van der Waals surface area contributed by atoms with Crippen LogP contribution in [0.3, 0.4) is 0 Å². The Kier molecular flexibility index (Phi) is 4.03. The standard InChI is InChI=1S/C13H26OSSi/c1-12(2,3)13(16(5,6)7)10-8-9-11(14-4)15-13/h8-9,11H,10H2,1-7H3. The van der Waals surface area contributed by atoms with Gasteiger partial charge in [0.2, 0.25) is 0 Å². The molecule has 16 heavy (non-hydrogen) atoms. The largest absolute Gasteiger partial charge is 0.367 e. The van der Waals surface area contributed by atoms with Gasteiger partial charge in [0.25, 0.3) is 0 Å². The highest BCUT2D eigenvalue weighted by Gasteiger charge is 2.53. The van der Waals surface area contributed by atoms with Crippen molar-refractivity contribution < 1.29 is 4.74 Å². The van der Waals surface area contributed by atoms with E-state index in [9.17, 15) is 0 Å². The smallest absolute Gasteiger partial charge is 0.121 e. The van der Waals surface area contributed by atoms with Gasteiger partial charge >= 0.3 is 0 Å². The Morgan fingerprint density at radius 3 is 2.25 bits per heavy atom. The van der Waals surface area contributed by atoms with E-state index >= 15 is 0 Å². The Morgan fingerprint density at radius 1 is 1.31 bits per heavy atom. The molecule has 2 atom stereocenters. The minimum Gasteiger partial charge on any atom is -0.367 e. The lowest BCUT2D eigenvalue weighted by Crippen LogP contribution is -2.59. The summed E-state index contributed by atoms with van der Waals surface area (Å²) in [5, 5.41) is 0. The van der Waals surface area contributed by atoms with E-state index in [1.807, 2.05) is 18.9 Å². The van der Waals surface area contributed by atoms with Crippen LogP contribution in [-0.2, 0) is 4.74 Å².